The van der Waals surface area contributed by atoms with Gasteiger partial charge in [0.1, 0.15) is 6.17 Å². The molecule has 0 radical (unpaired) electrons. The number of benzene rings is 2. The van der Waals surface area contributed by atoms with Crippen molar-refractivity contribution >= 4 is 39.1 Å². The molecule has 1 N–H and O–H groups in total. The van der Waals surface area contributed by atoms with Gasteiger partial charge in [0.15, 0.2) is 0 Å². The van der Waals surface area contributed by atoms with Crippen molar-refractivity contribution in [1.82, 2.24) is 4.90 Å². The summed E-state index contributed by atoms with van der Waals surface area (Å²) in [5.74, 6) is -0.0843. The van der Waals surface area contributed by atoms with Crippen LogP contribution in [0.15, 0.2) is 40.9 Å². The molecule has 0 spiro atoms. The Labute approximate surface area is 173 Å². The number of carbonyl (C=O) groups is 2. The van der Waals surface area contributed by atoms with Gasteiger partial charge >= 0.3 is 0 Å². The minimum absolute atomic E-state index is 0.0832. The van der Waals surface area contributed by atoms with E-state index in [0.717, 1.165) is 53.8 Å². The molecule has 0 saturated carbocycles. The molecule has 2 amide bonds. The van der Waals surface area contributed by atoms with E-state index in [1.807, 2.05) is 36.1 Å². The summed E-state index contributed by atoms with van der Waals surface area (Å²) in [5.41, 5.74) is 3.94. The first-order valence-electron chi connectivity index (χ1n) is 9.78. The Kier molecular flexibility index (Phi) is 5.15. The molecule has 6 heteroatoms. The molecule has 0 aliphatic carbocycles. The highest BCUT2D eigenvalue weighted by Crippen LogP contribution is 2.36. The third-order valence-electron chi connectivity index (χ3n) is 5.65. The number of hydrogen-bond acceptors (Lipinski definition) is 3. The summed E-state index contributed by atoms with van der Waals surface area (Å²) >= 11 is 3.48. The number of nitrogens with one attached hydrogen (secondary N) is 1. The average molecular weight is 442 g/mol. The lowest BCUT2D eigenvalue weighted by Gasteiger charge is -2.47. The van der Waals surface area contributed by atoms with Crippen molar-refractivity contribution < 1.29 is 9.59 Å². The molecule has 1 fully saturated rings. The van der Waals surface area contributed by atoms with Crippen LogP contribution in [-0.4, -0.2) is 36.0 Å². The summed E-state index contributed by atoms with van der Waals surface area (Å²) in [7, 11) is 0. The molecule has 2 aromatic rings. The maximum absolute atomic E-state index is 12.9. The van der Waals surface area contributed by atoms with Gasteiger partial charge in [0, 0.05) is 28.8 Å². The molecule has 28 heavy (non-hydrogen) atoms. The lowest BCUT2D eigenvalue weighted by Crippen LogP contribution is -2.57. The van der Waals surface area contributed by atoms with E-state index in [1.165, 1.54) is 0 Å². The topological polar surface area (TPSA) is 52.7 Å². The van der Waals surface area contributed by atoms with Gasteiger partial charge in [-0.2, -0.15) is 0 Å². The van der Waals surface area contributed by atoms with Crippen LogP contribution in [0.3, 0.4) is 0 Å². The molecule has 146 valence electrons. The number of fused-ring (bicyclic) bond motifs is 2. The van der Waals surface area contributed by atoms with Crippen molar-refractivity contribution in [3.63, 3.8) is 0 Å². The molecule has 2 aromatic carbocycles. The highest BCUT2D eigenvalue weighted by Gasteiger charge is 2.38. The molecule has 1 saturated heterocycles. The minimum Gasteiger partial charge on any atom is -0.351 e. The smallest absolute Gasteiger partial charge is 0.257 e. The summed E-state index contributed by atoms with van der Waals surface area (Å²) < 4.78 is 1.01. The second-order valence-corrected chi connectivity index (χ2v) is 8.27. The molecule has 5 nitrogen and oxygen atoms in total. The van der Waals surface area contributed by atoms with E-state index in [-0.39, 0.29) is 18.0 Å². The standard InChI is InChI=1S/C22H24BrN3O2/c1-3-25-19-13-15(21(27)24-16-8-10-18(23)14(2)12-16)7-9-17(19)22(28)26-11-5-4-6-20(25)26/h7-10,12-13,20H,3-6,11H2,1-2H3,(H,24,27)/t20-/m0/s1. The van der Waals surface area contributed by atoms with Crippen molar-refractivity contribution in [2.45, 2.75) is 39.3 Å². The van der Waals surface area contributed by atoms with Crippen LogP contribution < -0.4 is 10.2 Å². The highest BCUT2D eigenvalue weighted by atomic mass is 79.9. The molecule has 2 aliphatic heterocycles. The summed E-state index contributed by atoms with van der Waals surface area (Å²) in [4.78, 5) is 30.0. The largest absolute Gasteiger partial charge is 0.351 e. The molecule has 2 heterocycles. The maximum Gasteiger partial charge on any atom is 0.257 e. The maximum atomic E-state index is 12.9. The number of aryl methyl sites for hydroxylation is 1. The van der Waals surface area contributed by atoms with E-state index in [2.05, 4.69) is 33.1 Å². The zero-order valence-corrected chi connectivity index (χ0v) is 17.8. The Morgan fingerprint density at radius 3 is 2.79 bits per heavy atom. The quantitative estimate of drug-likeness (QED) is 0.743. The average Bonchev–Trinajstić information content (AvgIpc) is 2.71. The van der Waals surface area contributed by atoms with Gasteiger partial charge in [-0.15, -0.1) is 0 Å². The third-order valence-corrected chi connectivity index (χ3v) is 6.54. The Morgan fingerprint density at radius 1 is 1.21 bits per heavy atom. The fourth-order valence-corrected chi connectivity index (χ4v) is 4.43. The van der Waals surface area contributed by atoms with Gasteiger partial charge in [-0.3, -0.25) is 9.59 Å². The van der Waals surface area contributed by atoms with Crippen LogP contribution >= 0.6 is 15.9 Å². The SMILES string of the molecule is CCN1c2cc(C(=O)Nc3ccc(Br)c(C)c3)ccc2C(=O)N2CCCC[C@H]21. The van der Waals surface area contributed by atoms with E-state index in [1.54, 1.807) is 12.1 Å². The van der Waals surface area contributed by atoms with E-state index in [0.29, 0.717) is 11.1 Å². The predicted octanol–water partition coefficient (Wildman–Crippen LogP) is 4.80. The number of carbonyl (C=O) groups excluding carboxylic acids is 2. The van der Waals surface area contributed by atoms with Crippen molar-refractivity contribution in [1.29, 1.82) is 0 Å². The molecule has 4 rings (SSSR count). The molecular weight excluding hydrogens is 418 g/mol. The lowest BCUT2D eigenvalue weighted by atomic mass is 9.97. The van der Waals surface area contributed by atoms with Gasteiger partial charge in [-0.1, -0.05) is 15.9 Å². The molecular formula is C22H24BrN3O2. The lowest BCUT2D eigenvalue weighted by molar-refractivity contribution is 0.0582. The first-order chi connectivity index (χ1) is 13.5. The van der Waals surface area contributed by atoms with Gasteiger partial charge < -0.3 is 15.1 Å². The van der Waals surface area contributed by atoms with Gasteiger partial charge in [-0.25, -0.2) is 0 Å². The van der Waals surface area contributed by atoms with Crippen LogP contribution in [-0.2, 0) is 0 Å². The molecule has 0 unspecified atom stereocenters. The Hall–Kier alpha value is -2.34. The summed E-state index contributed by atoms with van der Waals surface area (Å²) in [6.45, 7) is 5.70. The summed E-state index contributed by atoms with van der Waals surface area (Å²) in [6.07, 6.45) is 3.27. The highest BCUT2D eigenvalue weighted by molar-refractivity contribution is 9.10. The van der Waals surface area contributed by atoms with E-state index in [4.69, 9.17) is 0 Å². The number of halogens is 1. The van der Waals surface area contributed by atoms with Gasteiger partial charge in [0.25, 0.3) is 11.8 Å². The van der Waals surface area contributed by atoms with Crippen LogP contribution in [0.5, 0.6) is 0 Å². The van der Waals surface area contributed by atoms with Crippen LogP contribution in [0.25, 0.3) is 0 Å². The number of piperidine rings is 1. The fourth-order valence-electron chi connectivity index (χ4n) is 4.19. The zero-order chi connectivity index (χ0) is 19.8. The van der Waals surface area contributed by atoms with Crippen molar-refractivity contribution in [2.75, 3.05) is 23.3 Å². The Bertz CT molecular complexity index is 943. The number of hydrogen-bond donors (Lipinski definition) is 1. The van der Waals surface area contributed by atoms with Crippen LogP contribution in [0, 0.1) is 6.92 Å². The predicted molar refractivity (Wildman–Crippen MR) is 115 cm³/mol. The second kappa shape index (κ2) is 7.59. The first kappa shape index (κ1) is 19.0. The summed E-state index contributed by atoms with van der Waals surface area (Å²) in [6, 6.07) is 11.1. The number of anilines is 2. The van der Waals surface area contributed by atoms with E-state index in [9.17, 15) is 9.59 Å². The molecule has 2 aliphatic rings. The van der Waals surface area contributed by atoms with Crippen molar-refractivity contribution in [2.24, 2.45) is 0 Å². The normalized spacial score (nSPS) is 18.5. The minimum atomic E-state index is -0.168. The van der Waals surface area contributed by atoms with Gasteiger partial charge in [0.05, 0.1) is 11.3 Å². The van der Waals surface area contributed by atoms with Crippen molar-refractivity contribution in [3.8, 4) is 0 Å². The summed E-state index contributed by atoms with van der Waals surface area (Å²) in [5, 5.41) is 2.96. The molecule has 0 bridgehead atoms. The third kappa shape index (κ3) is 3.30. The van der Waals surface area contributed by atoms with Gasteiger partial charge in [-0.05, 0) is 75.1 Å². The van der Waals surface area contributed by atoms with Crippen LogP contribution in [0.1, 0.15) is 52.5 Å². The Morgan fingerprint density at radius 2 is 2.04 bits per heavy atom. The first-order valence-corrected chi connectivity index (χ1v) is 10.6. The van der Waals surface area contributed by atoms with E-state index >= 15 is 0 Å². The Balaban J connectivity index is 1.65. The molecule has 1 atom stereocenters. The van der Waals surface area contributed by atoms with Crippen molar-refractivity contribution in [3.05, 3.63) is 57.6 Å². The number of rotatable bonds is 3. The van der Waals surface area contributed by atoms with Crippen LogP contribution in [0.4, 0.5) is 11.4 Å². The molecule has 0 aromatic heterocycles. The zero-order valence-electron chi connectivity index (χ0n) is 16.2. The van der Waals surface area contributed by atoms with Gasteiger partial charge in [0.2, 0.25) is 0 Å². The number of amides is 2. The number of nitrogens with zero attached hydrogens (tertiary/aromatic N) is 2. The second-order valence-electron chi connectivity index (χ2n) is 7.41. The van der Waals surface area contributed by atoms with Crippen LogP contribution in [0.2, 0.25) is 0 Å². The monoisotopic (exact) mass is 441 g/mol. The fraction of sp³-hybridized carbons (Fsp3) is 0.364. The van der Waals surface area contributed by atoms with E-state index < -0.39 is 0 Å².